The van der Waals surface area contributed by atoms with Crippen LogP contribution < -0.4 is 8.38 Å². The summed E-state index contributed by atoms with van der Waals surface area (Å²) in [4.78, 5) is 0. The van der Waals surface area contributed by atoms with Crippen LogP contribution in [0.5, 0.6) is 0 Å². The predicted molar refractivity (Wildman–Crippen MR) is 15.5 cm³/mol. The van der Waals surface area contributed by atoms with Crippen molar-refractivity contribution in [3.05, 3.63) is 0 Å². The SMILES string of the molecule is [O]=[Mn](=[O])(=[O])[O-].[O]=[Mn](=[O])(=[O])[O-].[TeH4+2]. The minimum atomic E-state index is -5.62. The van der Waals surface area contributed by atoms with E-state index in [0.29, 0.717) is 0 Å². The molecule has 72 valence electrons. The van der Waals surface area contributed by atoms with Crippen molar-refractivity contribution in [3.8, 4) is 0 Å². The van der Waals surface area contributed by atoms with Crippen molar-refractivity contribution >= 4 is 23.7 Å². The maximum atomic E-state index is 8.58. The van der Waals surface area contributed by atoms with E-state index in [9.17, 15) is 0 Å². The number of hydrogen-bond donors (Lipinski definition) is 0. The second kappa shape index (κ2) is 6.11. The molecule has 0 unspecified atom stereocenters. The van der Waals surface area contributed by atoms with Crippen molar-refractivity contribution in [2.75, 3.05) is 0 Å². The van der Waals surface area contributed by atoms with Gasteiger partial charge in [-0.1, -0.05) is 0 Å². The Balaban J connectivity index is -0.000000107. The van der Waals surface area contributed by atoms with Crippen molar-refractivity contribution in [1.29, 1.82) is 0 Å². The van der Waals surface area contributed by atoms with E-state index in [1.165, 1.54) is 0 Å². The van der Waals surface area contributed by atoms with E-state index in [-0.39, 0.29) is 23.7 Å². The van der Waals surface area contributed by atoms with Crippen LogP contribution in [-0.2, 0) is 48.9 Å². The predicted octanol–water partition coefficient (Wildman–Crippen LogP) is -4.55. The molecule has 0 aromatic rings. The first-order chi connectivity index (χ1) is 4.00. The van der Waals surface area contributed by atoms with Gasteiger partial charge in [0.25, 0.3) is 0 Å². The monoisotopic (exact) mass is 372 g/mol. The summed E-state index contributed by atoms with van der Waals surface area (Å²) in [6.45, 7) is 0. The molecule has 0 aromatic carbocycles. The molecule has 0 fully saturated rings. The van der Waals surface area contributed by atoms with E-state index in [4.69, 9.17) is 31.4 Å². The van der Waals surface area contributed by atoms with Gasteiger partial charge < -0.3 is 0 Å². The van der Waals surface area contributed by atoms with Gasteiger partial charge in [-0.3, -0.25) is 0 Å². The van der Waals surface area contributed by atoms with Gasteiger partial charge in [0.05, 0.1) is 0 Å². The van der Waals surface area contributed by atoms with Gasteiger partial charge in [0, 0.05) is 0 Å². The van der Waals surface area contributed by atoms with E-state index in [2.05, 4.69) is 0 Å². The molecule has 0 heterocycles. The molecule has 11 heteroatoms. The fourth-order valence-corrected chi connectivity index (χ4v) is 0. The molecule has 0 amide bonds. The average Bonchev–Trinajstić information content (AvgIpc) is 1.12. The molecule has 0 rings (SSSR count). The molecule has 0 spiro atoms. The zero-order valence-corrected chi connectivity index (χ0v) is 11.1. The first-order valence-corrected chi connectivity index (χ1v) is 5.09. The fraction of sp³-hybridized carbons (Fsp3) is 0. The summed E-state index contributed by atoms with van der Waals surface area (Å²) < 4.78 is 68.6. The van der Waals surface area contributed by atoms with Gasteiger partial charge in [0.15, 0.2) is 0 Å². The van der Waals surface area contributed by atoms with Crippen LogP contribution in [-0.4, -0.2) is 23.7 Å². The third-order valence-electron chi connectivity index (χ3n) is 0. The summed E-state index contributed by atoms with van der Waals surface area (Å²) in [5.41, 5.74) is 0. The van der Waals surface area contributed by atoms with Crippen LogP contribution in [0.1, 0.15) is 0 Å². The molecular formula is H4Mn2O8Te. The number of hydrogen-bond acceptors (Lipinski definition) is 8. The second-order valence-corrected chi connectivity index (χ2v) is 3.12. The molecule has 8 nitrogen and oxygen atoms in total. The van der Waals surface area contributed by atoms with E-state index < -0.39 is 25.9 Å². The molecule has 0 radical (unpaired) electrons. The van der Waals surface area contributed by atoms with E-state index in [1.54, 1.807) is 0 Å². The Morgan fingerprint density at radius 1 is 0.636 bits per heavy atom. The van der Waals surface area contributed by atoms with Crippen molar-refractivity contribution < 1.29 is 57.3 Å². The van der Waals surface area contributed by atoms with Crippen LogP contribution in [0.3, 0.4) is 0 Å². The second-order valence-electron chi connectivity index (χ2n) is 0.756. The fourth-order valence-electron chi connectivity index (χ4n) is 0. The molecule has 0 N–H and O–H groups in total. The standard InChI is InChI=1S/2Mn.8O.H4Te/h;;;;;;;;;;1H4/q;;;;;;;;2*-1;+2. The van der Waals surface area contributed by atoms with Crippen LogP contribution in [0.25, 0.3) is 0 Å². The van der Waals surface area contributed by atoms with Crippen LogP contribution in [0.15, 0.2) is 0 Å². The van der Waals surface area contributed by atoms with E-state index >= 15 is 0 Å². The molecule has 0 aliphatic carbocycles. The summed E-state index contributed by atoms with van der Waals surface area (Å²) in [5, 5.41) is 0. The minimum absolute atomic E-state index is 0. The van der Waals surface area contributed by atoms with Gasteiger partial charge in [-0.25, -0.2) is 0 Å². The molecular weight excluding hydrogens is 365 g/mol. The zero-order chi connectivity index (χ0) is 9.00. The summed E-state index contributed by atoms with van der Waals surface area (Å²) in [5.74, 6) is 0. The van der Waals surface area contributed by atoms with E-state index in [0.717, 1.165) is 0 Å². The van der Waals surface area contributed by atoms with Crippen LogP contribution >= 0.6 is 0 Å². The third-order valence-corrected chi connectivity index (χ3v) is 0. The number of rotatable bonds is 0. The van der Waals surface area contributed by atoms with Gasteiger partial charge in [0.2, 0.25) is 0 Å². The topological polar surface area (TPSA) is 149 Å². The van der Waals surface area contributed by atoms with Gasteiger partial charge >= 0.3 is 81.0 Å². The molecule has 0 atom stereocenters. The van der Waals surface area contributed by atoms with E-state index in [1.807, 2.05) is 0 Å². The Kier molecular flexibility index (Phi) is 9.76. The Bertz CT molecular complexity index is 296. The maximum absolute atomic E-state index is 8.58. The summed E-state index contributed by atoms with van der Waals surface area (Å²) >= 11 is -11.2. The van der Waals surface area contributed by atoms with Gasteiger partial charge in [-0.15, -0.1) is 0 Å². The molecule has 11 heavy (non-hydrogen) atoms. The molecule has 0 bridgehead atoms. The molecule has 0 aliphatic heterocycles. The molecule has 0 aliphatic rings. The van der Waals surface area contributed by atoms with Crippen LogP contribution in [0.2, 0.25) is 0 Å². The first-order valence-electron chi connectivity index (χ1n) is 1.23. The Morgan fingerprint density at radius 2 is 0.636 bits per heavy atom. The zero-order valence-electron chi connectivity index (χ0n) is 4.73. The first kappa shape index (κ1) is 17.6. The molecule has 0 saturated carbocycles. The van der Waals surface area contributed by atoms with Crippen LogP contribution in [0, 0.1) is 0 Å². The van der Waals surface area contributed by atoms with Gasteiger partial charge in [-0.05, 0) is 0 Å². The summed E-state index contributed by atoms with van der Waals surface area (Å²) in [6, 6.07) is 0. The third kappa shape index (κ3) is 2560. The van der Waals surface area contributed by atoms with Crippen molar-refractivity contribution in [1.82, 2.24) is 0 Å². The summed E-state index contributed by atoms with van der Waals surface area (Å²) in [7, 11) is 0. The molecule has 0 saturated heterocycles. The quantitative estimate of drug-likeness (QED) is 0.388. The molecule has 0 aromatic heterocycles. The van der Waals surface area contributed by atoms with Gasteiger partial charge in [0.1, 0.15) is 0 Å². The van der Waals surface area contributed by atoms with Crippen LogP contribution in [0.4, 0.5) is 0 Å². The van der Waals surface area contributed by atoms with Crippen molar-refractivity contribution in [2.45, 2.75) is 0 Å². The van der Waals surface area contributed by atoms with Gasteiger partial charge in [-0.2, -0.15) is 0 Å². The normalized spacial score (nSPS) is 10.4. The van der Waals surface area contributed by atoms with Crippen molar-refractivity contribution in [3.63, 3.8) is 0 Å². The Labute approximate surface area is 80.6 Å². The summed E-state index contributed by atoms with van der Waals surface area (Å²) in [6.07, 6.45) is 0. The Hall–Kier alpha value is 0.549. The Morgan fingerprint density at radius 3 is 0.636 bits per heavy atom. The average molecular weight is 369 g/mol. The van der Waals surface area contributed by atoms with Crippen molar-refractivity contribution in [2.24, 2.45) is 0 Å².